The highest BCUT2D eigenvalue weighted by molar-refractivity contribution is 5.97. The van der Waals surface area contributed by atoms with E-state index in [1.165, 1.54) is 0 Å². The maximum Gasteiger partial charge on any atom is 0.246 e. The lowest BCUT2D eigenvalue weighted by Gasteiger charge is -2.39. The van der Waals surface area contributed by atoms with Crippen LogP contribution in [0.2, 0.25) is 0 Å². The standard InChI is InChI=1S/C24H29N3O3/c1-17-8-11-21(30-2)20(16-17)25-23(28)22(18-6-4-3-5-7-18)26-12-14-27(15-13-26)24(29)19-9-10-19/h3-8,11,16,19,22H,9-10,12-15H2,1-2H3,(H,25,28)/t22-/m1/s1. The molecule has 30 heavy (non-hydrogen) atoms. The highest BCUT2D eigenvalue weighted by Gasteiger charge is 2.37. The zero-order valence-corrected chi connectivity index (χ0v) is 17.6. The molecule has 2 aliphatic rings. The SMILES string of the molecule is COc1ccc(C)cc1NC(=O)[C@@H](c1ccccc1)N1CCN(C(=O)C2CC2)CC1. The molecule has 2 aromatic carbocycles. The van der Waals surface area contributed by atoms with Crippen LogP contribution in [0.15, 0.2) is 48.5 Å². The fraction of sp³-hybridized carbons (Fsp3) is 0.417. The molecule has 1 saturated heterocycles. The van der Waals surface area contributed by atoms with Crippen LogP contribution in [0.4, 0.5) is 5.69 Å². The third kappa shape index (κ3) is 4.49. The second kappa shape index (κ2) is 8.88. The van der Waals surface area contributed by atoms with Gasteiger partial charge in [-0.25, -0.2) is 0 Å². The molecule has 6 heteroatoms. The molecule has 0 aromatic heterocycles. The summed E-state index contributed by atoms with van der Waals surface area (Å²) in [5.41, 5.74) is 2.67. The van der Waals surface area contributed by atoms with Gasteiger partial charge in [0.05, 0.1) is 12.8 Å². The van der Waals surface area contributed by atoms with E-state index in [0.717, 1.165) is 24.0 Å². The van der Waals surface area contributed by atoms with Gasteiger partial charge in [0, 0.05) is 32.1 Å². The Kier molecular flexibility index (Phi) is 6.04. The number of carbonyl (C=O) groups is 2. The van der Waals surface area contributed by atoms with Gasteiger partial charge >= 0.3 is 0 Å². The van der Waals surface area contributed by atoms with Gasteiger partial charge in [0.25, 0.3) is 0 Å². The Morgan fingerprint density at radius 1 is 1.03 bits per heavy atom. The van der Waals surface area contributed by atoms with Crippen molar-refractivity contribution in [2.24, 2.45) is 5.92 Å². The lowest BCUT2D eigenvalue weighted by molar-refractivity contribution is -0.135. The number of carbonyl (C=O) groups excluding carboxylic acids is 2. The predicted octanol–water partition coefficient (Wildman–Crippen LogP) is 3.24. The first-order valence-corrected chi connectivity index (χ1v) is 10.6. The van der Waals surface area contributed by atoms with E-state index in [4.69, 9.17) is 4.74 Å². The van der Waals surface area contributed by atoms with E-state index in [1.54, 1.807) is 7.11 Å². The summed E-state index contributed by atoms with van der Waals surface area (Å²) in [5, 5.41) is 3.07. The summed E-state index contributed by atoms with van der Waals surface area (Å²) >= 11 is 0. The molecule has 6 nitrogen and oxygen atoms in total. The summed E-state index contributed by atoms with van der Waals surface area (Å²) < 4.78 is 5.43. The third-order valence-electron chi connectivity index (χ3n) is 5.89. The van der Waals surface area contributed by atoms with Crippen LogP contribution in [0.25, 0.3) is 0 Å². The zero-order valence-electron chi connectivity index (χ0n) is 17.6. The van der Waals surface area contributed by atoms with E-state index in [0.29, 0.717) is 37.6 Å². The molecule has 1 saturated carbocycles. The number of anilines is 1. The number of aryl methyl sites for hydroxylation is 1. The van der Waals surface area contributed by atoms with Crippen molar-refractivity contribution in [3.8, 4) is 5.75 Å². The Labute approximate surface area is 177 Å². The minimum absolute atomic E-state index is 0.0907. The van der Waals surface area contributed by atoms with Crippen molar-refractivity contribution in [3.63, 3.8) is 0 Å². The van der Waals surface area contributed by atoms with Gasteiger partial charge in [0.1, 0.15) is 11.8 Å². The fourth-order valence-corrected chi connectivity index (χ4v) is 4.07. The van der Waals surface area contributed by atoms with Crippen LogP contribution in [-0.2, 0) is 9.59 Å². The normalized spacial score (nSPS) is 18.0. The zero-order chi connectivity index (χ0) is 21.1. The topological polar surface area (TPSA) is 61.9 Å². The second-order valence-electron chi connectivity index (χ2n) is 8.14. The van der Waals surface area contributed by atoms with Crippen LogP contribution in [0.5, 0.6) is 5.75 Å². The van der Waals surface area contributed by atoms with Crippen LogP contribution < -0.4 is 10.1 Å². The van der Waals surface area contributed by atoms with E-state index in [9.17, 15) is 9.59 Å². The lowest BCUT2D eigenvalue weighted by Crippen LogP contribution is -2.52. The van der Waals surface area contributed by atoms with Gasteiger partial charge in [-0.2, -0.15) is 0 Å². The van der Waals surface area contributed by atoms with E-state index in [2.05, 4.69) is 10.2 Å². The molecule has 0 bridgehead atoms. The Morgan fingerprint density at radius 2 is 1.73 bits per heavy atom. The molecule has 1 atom stereocenters. The third-order valence-corrected chi connectivity index (χ3v) is 5.89. The van der Waals surface area contributed by atoms with Crippen LogP contribution in [-0.4, -0.2) is 54.9 Å². The Bertz CT molecular complexity index is 903. The molecule has 158 valence electrons. The number of nitrogens with zero attached hydrogens (tertiary/aromatic N) is 2. The van der Waals surface area contributed by atoms with Gasteiger partial charge in [-0.15, -0.1) is 0 Å². The fourth-order valence-electron chi connectivity index (χ4n) is 4.07. The van der Waals surface area contributed by atoms with E-state index in [1.807, 2.05) is 60.4 Å². The van der Waals surface area contributed by atoms with Crippen molar-refractivity contribution in [2.45, 2.75) is 25.8 Å². The molecule has 0 spiro atoms. The number of nitrogens with one attached hydrogen (secondary N) is 1. The summed E-state index contributed by atoms with van der Waals surface area (Å²) in [4.78, 5) is 30.0. The van der Waals surface area contributed by atoms with E-state index in [-0.39, 0.29) is 17.7 Å². The largest absolute Gasteiger partial charge is 0.495 e. The highest BCUT2D eigenvalue weighted by atomic mass is 16.5. The van der Waals surface area contributed by atoms with Crippen LogP contribution in [0.3, 0.4) is 0 Å². The van der Waals surface area contributed by atoms with Crippen molar-refractivity contribution in [1.82, 2.24) is 9.80 Å². The summed E-state index contributed by atoms with van der Waals surface area (Å²) in [6, 6.07) is 15.2. The predicted molar refractivity (Wildman–Crippen MR) is 116 cm³/mol. The molecule has 1 aliphatic carbocycles. The Morgan fingerprint density at radius 3 is 2.37 bits per heavy atom. The van der Waals surface area contributed by atoms with Gasteiger partial charge in [-0.1, -0.05) is 36.4 Å². The number of amides is 2. The smallest absolute Gasteiger partial charge is 0.246 e. The number of methoxy groups -OCH3 is 1. The average Bonchev–Trinajstić information content (AvgIpc) is 3.60. The lowest BCUT2D eigenvalue weighted by atomic mass is 10.0. The monoisotopic (exact) mass is 407 g/mol. The Balaban J connectivity index is 1.53. The first-order valence-electron chi connectivity index (χ1n) is 10.6. The first kappa shape index (κ1) is 20.4. The maximum atomic E-state index is 13.4. The summed E-state index contributed by atoms with van der Waals surface area (Å²) in [6.45, 7) is 4.67. The number of hydrogen-bond donors (Lipinski definition) is 1. The number of rotatable bonds is 6. The number of benzene rings is 2. The molecule has 4 rings (SSSR count). The molecule has 1 N–H and O–H groups in total. The van der Waals surface area contributed by atoms with Crippen molar-refractivity contribution in [2.75, 3.05) is 38.6 Å². The van der Waals surface area contributed by atoms with Crippen molar-refractivity contribution in [3.05, 3.63) is 59.7 Å². The average molecular weight is 408 g/mol. The molecular formula is C24H29N3O3. The molecular weight excluding hydrogens is 378 g/mol. The van der Waals surface area contributed by atoms with Gasteiger partial charge < -0.3 is 15.0 Å². The van der Waals surface area contributed by atoms with Crippen LogP contribution >= 0.6 is 0 Å². The van der Waals surface area contributed by atoms with Gasteiger partial charge in [0.2, 0.25) is 11.8 Å². The van der Waals surface area contributed by atoms with Gasteiger partial charge in [-0.3, -0.25) is 14.5 Å². The Hall–Kier alpha value is -2.86. The molecule has 1 aliphatic heterocycles. The summed E-state index contributed by atoms with van der Waals surface area (Å²) in [5.74, 6) is 1.06. The quantitative estimate of drug-likeness (QED) is 0.799. The van der Waals surface area contributed by atoms with Crippen molar-refractivity contribution < 1.29 is 14.3 Å². The number of hydrogen-bond acceptors (Lipinski definition) is 4. The van der Waals surface area contributed by atoms with Crippen LogP contribution in [0.1, 0.15) is 30.0 Å². The molecule has 0 unspecified atom stereocenters. The number of piperazine rings is 1. The number of ether oxygens (including phenoxy) is 1. The molecule has 2 aromatic rings. The molecule has 1 heterocycles. The van der Waals surface area contributed by atoms with Crippen LogP contribution in [0, 0.1) is 12.8 Å². The molecule has 2 amide bonds. The van der Waals surface area contributed by atoms with E-state index < -0.39 is 6.04 Å². The van der Waals surface area contributed by atoms with Gasteiger partial charge in [-0.05, 0) is 43.0 Å². The summed E-state index contributed by atoms with van der Waals surface area (Å²) in [6.07, 6.45) is 2.04. The van der Waals surface area contributed by atoms with Gasteiger partial charge in [0.15, 0.2) is 0 Å². The maximum absolute atomic E-state index is 13.4. The molecule has 2 fully saturated rings. The second-order valence-corrected chi connectivity index (χ2v) is 8.14. The van der Waals surface area contributed by atoms with Crippen molar-refractivity contribution in [1.29, 1.82) is 0 Å². The highest BCUT2D eigenvalue weighted by Crippen LogP contribution is 2.32. The minimum Gasteiger partial charge on any atom is -0.495 e. The minimum atomic E-state index is -0.422. The van der Waals surface area contributed by atoms with E-state index >= 15 is 0 Å². The van der Waals surface area contributed by atoms with Crippen molar-refractivity contribution >= 4 is 17.5 Å². The molecule has 0 radical (unpaired) electrons. The summed E-state index contributed by atoms with van der Waals surface area (Å²) in [7, 11) is 1.60. The first-order chi connectivity index (χ1) is 14.6.